The molecule has 4 heterocycles. The number of hydrogen-bond donors (Lipinski definition) is 4. The van der Waals surface area contributed by atoms with Gasteiger partial charge in [0.2, 0.25) is 10.3 Å². The highest BCUT2D eigenvalue weighted by molar-refractivity contribution is 7.15. The minimum Gasteiger partial charge on any atom is -0.378 e. The number of pyridine rings is 1. The van der Waals surface area contributed by atoms with Crippen LogP contribution in [0.1, 0.15) is 64.9 Å². The number of aromatic nitrogens is 5. The Kier molecular flexibility index (Phi) is 8.56. The second-order valence-corrected chi connectivity index (χ2v) is 12.8. The topological polar surface area (TPSA) is 149 Å². The molecule has 4 N–H and O–H groups in total. The van der Waals surface area contributed by atoms with Crippen molar-refractivity contribution < 1.29 is 23.8 Å². The van der Waals surface area contributed by atoms with E-state index < -0.39 is 24.2 Å². The van der Waals surface area contributed by atoms with E-state index in [1.54, 1.807) is 42.5 Å². The van der Waals surface area contributed by atoms with Crippen molar-refractivity contribution in [3.05, 3.63) is 69.8 Å². The minimum absolute atomic E-state index is 0.150. The van der Waals surface area contributed by atoms with Gasteiger partial charge in [0.05, 0.1) is 13.1 Å². The van der Waals surface area contributed by atoms with E-state index in [1.165, 1.54) is 27.6 Å². The van der Waals surface area contributed by atoms with Crippen molar-refractivity contribution in [2.24, 2.45) is 0 Å². The molecule has 3 aromatic heterocycles. The van der Waals surface area contributed by atoms with Crippen molar-refractivity contribution in [3.63, 3.8) is 0 Å². The number of hydrogen-bond acceptors (Lipinski definition) is 12. The Morgan fingerprint density at radius 2 is 1.63 bits per heavy atom. The second kappa shape index (κ2) is 12.5. The van der Waals surface area contributed by atoms with Gasteiger partial charge in [-0.1, -0.05) is 65.5 Å². The Morgan fingerprint density at radius 3 is 2.33 bits per heavy atom. The normalized spacial score (nSPS) is 21.1. The van der Waals surface area contributed by atoms with E-state index in [9.17, 15) is 23.8 Å². The van der Waals surface area contributed by atoms with Crippen LogP contribution in [0.4, 0.5) is 24.9 Å². The Morgan fingerprint density at radius 1 is 0.953 bits per heavy atom. The van der Waals surface area contributed by atoms with E-state index in [-0.39, 0.29) is 31.3 Å². The van der Waals surface area contributed by atoms with Crippen LogP contribution in [0.25, 0.3) is 0 Å². The Bertz CT molecular complexity index is 1550. The third-order valence-corrected chi connectivity index (χ3v) is 9.52. The number of rotatable bonds is 10. The van der Waals surface area contributed by atoms with Crippen LogP contribution in [-0.2, 0) is 11.2 Å². The number of carbonyl (C=O) groups excluding carboxylic acids is 1. The molecule has 43 heavy (non-hydrogen) atoms. The Labute approximate surface area is 254 Å². The third-order valence-electron chi connectivity index (χ3n) is 7.50. The zero-order valence-corrected chi connectivity index (χ0v) is 24.6. The van der Waals surface area contributed by atoms with Gasteiger partial charge in [-0.05, 0) is 37.0 Å². The first-order chi connectivity index (χ1) is 20.7. The van der Waals surface area contributed by atoms with Gasteiger partial charge < -0.3 is 20.4 Å². The molecule has 0 bridgehead atoms. The fourth-order valence-electron chi connectivity index (χ4n) is 5.33. The number of amides is 1. The Balaban J connectivity index is 1.02. The van der Waals surface area contributed by atoms with Gasteiger partial charge in [-0.25, -0.2) is 13.8 Å². The average molecular weight is 629 g/mol. The van der Waals surface area contributed by atoms with Gasteiger partial charge in [0, 0.05) is 24.0 Å². The first-order valence-corrected chi connectivity index (χ1v) is 15.6. The number of nitrogens with one attached hydrogen (secondary N) is 2. The molecule has 11 nitrogen and oxygen atoms in total. The molecule has 2 fully saturated rings. The fraction of sp³-hybridized carbons (Fsp3) is 0.429. The summed E-state index contributed by atoms with van der Waals surface area (Å²) in [5.74, 6) is -2.46. The summed E-state index contributed by atoms with van der Waals surface area (Å²) in [5, 5.41) is 46.1. The smallest absolute Gasteiger partial charge is 0.282 e. The molecule has 15 heteroatoms. The summed E-state index contributed by atoms with van der Waals surface area (Å²) in [6.45, 7) is -0.703. The summed E-state index contributed by atoms with van der Waals surface area (Å²) in [6, 6.07) is 13.9. The number of aliphatic hydroxyl groups is 2. The molecule has 0 radical (unpaired) electrons. The highest BCUT2D eigenvalue weighted by Crippen LogP contribution is 2.43. The van der Waals surface area contributed by atoms with E-state index in [0.29, 0.717) is 27.3 Å². The molecule has 6 rings (SSSR count). The standard InChI is InChI=1S/C28H30F2N8O3S2/c29-28(30)14-38(15-28)20-11-5-10-19(31-20)13-21(39)32-26-36-34-24(42-26)17-8-4-9-18(12-17)25-35-37-27(43-25)33-23(41)22(40)16-6-2-1-3-7-16/h1-3,5-7,10-11,17-18,21-22,39-40H,4,8-9,12-15H2,(H,32,36)(H,33,37,41)/t17-,18-,21?,22-/m0/s1. The highest BCUT2D eigenvalue weighted by Gasteiger charge is 2.44. The van der Waals surface area contributed by atoms with Gasteiger partial charge in [-0.3, -0.25) is 10.1 Å². The van der Waals surface area contributed by atoms with E-state index >= 15 is 0 Å². The molecular weight excluding hydrogens is 598 g/mol. The van der Waals surface area contributed by atoms with Crippen LogP contribution >= 0.6 is 22.7 Å². The molecular formula is C28H30F2N8O3S2. The molecule has 2 aliphatic rings. The predicted molar refractivity (Wildman–Crippen MR) is 159 cm³/mol. The minimum atomic E-state index is -2.68. The first-order valence-electron chi connectivity index (χ1n) is 14.0. The van der Waals surface area contributed by atoms with Gasteiger partial charge in [0.15, 0.2) is 6.10 Å². The van der Waals surface area contributed by atoms with Crippen molar-refractivity contribution >= 4 is 44.7 Å². The van der Waals surface area contributed by atoms with E-state index in [2.05, 4.69) is 36.0 Å². The zero-order chi connectivity index (χ0) is 30.0. The Hall–Kier alpha value is -3.66. The molecule has 1 aliphatic carbocycles. The lowest BCUT2D eigenvalue weighted by atomic mass is 9.82. The van der Waals surface area contributed by atoms with Gasteiger partial charge in [0.25, 0.3) is 11.8 Å². The highest BCUT2D eigenvalue weighted by atomic mass is 32.1. The van der Waals surface area contributed by atoms with Crippen LogP contribution in [-0.4, -0.2) is 66.7 Å². The van der Waals surface area contributed by atoms with Crippen molar-refractivity contribution in [1.82, 2.24) is 25.4 Å². The molecule has 1 amide bonds. The van der Waals surface area contributed by atoms with Crippen LogP contribution < -0.4 is 15.5 Å². The predicted octanol–water partition coefficient (Wildman–Crippen LogP) is 4.33. The maximum absolute atomic E-state index is 13.2. The molecule has 4 atom stereocenters. The fourth-order valence-corrected chi connectivity index (χ4v) is 7.16. The summed E-state index contributed by atoms with van der Waals surface area (Å²) in [5.41, 5.74) is 1.08. The van der Waals surface area contributed by atoms with Gasteiger partial charge >= 0.3 is 0 Å². The monoisotopic (exact) mass is 628 g/mol. The molecule has 1 aromatic carbocycles. The second-order valence-electron chi connectivity index (χ2n) is 10.8. The number of alkyl halides is 2. The van der Waals surface area contributed by atoms with Crippen molar-refractivity contribution in [1.29, 1.82) is 0 Å². The van der Waals surface area contributed by atoms with Crippen molar-refractivity contribution in [2.45, 2.75) is 62.2 Å². The summed E-state index contributed by atoms with van der Waals surface area (Å²) < 4.78 is 26.5. The SMILES string of the molecule is O=C(Nc1nnc([C@H]2CCC[C@H](c3nnc(NC(O)Cc4cccc(N5CC(F)(F)C5)n4)s3)C2)s1)[C@@H](O)c1ccccc1. The van der Waals surface area contributed by atoms with Gasteiger partial charge in [0.1, 0.15) is 22.1 Å². The summed E-state index contributed by atoms with van der Waals surface area (Å²) in [6.07, 6.45) is 1.57. The molecule has 4 aromatic rings. The maximum atomic E-state index is 13.2. The van der Waals surface area contributed by atoms with Crippen molar-refractivity contribution in [2.75, 3.05) is 28.6 Å². The summed E-state index contributed by atoms with van der Waals surface area (Å²) in [4.78, 5) is 18.4. The van der Waals surface area contributed by atoms with Crippen LogP contribution in [0.15, 0.2) is 48.5 Å². The number of benzene rings is 1. The quantitative estimate of drug-likeness (QED) is 0.187. The van der Waals surface area contributed by atoms with Crippen LogP contribution in [0.2, 0.25) is 0 Å². The number of halogens is 2. The molecule has 1 unspecified atom stereocenters. The third kappa shape index (κ3) is 7.12. The van der Waals surface area contributed by atoms with E-state index in [0.717, 1.165) is 35.7 Å². The molecule has 0 spiro atoms. The lowest BCUT2D eigenvalue weighted by Crippen LogP contribution is -2.56. The summed E-state index contributed by atoms with van der Waals surface area (Å²) in [7, 11) is 0. The zero-order valence-electron chi connectivity index (χ0n) is 22.9. The number of nitrogens with zero attached hydrogens (tertiary/aromatic N) is 6. The summed E-state index contributed by atoms with van der Waals surface area (Å²) >= 11 is 2.70. The number of anilines is 3. The molecule has 1 saturated carbocycles. The number of carbonyl (C=O) groups is 1. The van der Waals surface area contributed by atoms with Gasteiger partial charge in [-0.15, -0.1) is 20.4 Å². The van der Waals surface area contributed by atoms with Gasteiger partial charge in [-0.2, -0.15) is 0 Å². The molecule has 1 aliphatic heterocycles. The van der Waals surface area contributed by atoms with Crippen LogP contribution in [0.5, 0.6) is 0 Å². The van der Waals surface area contributed by atoms with E-state index in [1.807, 2.05) is 6.07 Å². The maximum Gasteiger partial charge on any atom is 0.282 e. The molecule has 1 saturated heterocycles. The first kappa shape index (κ1) is 29.4. The lowest BCUT2D eigenvalue weighted by molar-refractivity contribution is -0.124. The molecule has 226 valence electrons. The average Bonchev–Trinajstić information content (AvgIpc) is 3.66. The number of aliphatic hydroxyl groups excluding tert-OH is 2. The van der Waals surface area contributed by atoms with Crippen LogP contribution in [0, 0.1) is 0 Å². The van der Waals surface area contributed by atoms with E-state index in [4.69, 9.17) is 0 Å². The van der Waals surface area contributed by atoms with Crippen molar-refractivity contribution in [3.8, 4) is 0 Å². The lowest BCUT2D eigenvalue weighted by Gasteiger charge is -2.39. The van der Waals surface area contributed by atoms with Crippen LogP contribution in [0.3, 0.4) is 0 Å². The largest absolute Gasteiger partial charge is 0.378 e.